The number of benzene rings is 3. The monoisotopic (exact) mass is 612 g/mol. The first-order valence-corrected chi connectivity index (χ1v) is 17.6. The Bertz CT molecular complexity index is 1420. The molecule has 43 heavy (non-hydrogen) atoms. The summed E-state index contributed by atoms with van der Waals surface area (Å²) in [6.07, 6.45) is -4.05. The lowest BCUT2D eigenvalue weighted by atomic mass is 9.98. The van der Waals surface area contributed by atoms with Crippen LogP contribution in [0.15, 0.2) is 66.7 Å². The van der Waals surface area contributed by atoms with Crippen LogP contribution in [0.2, 0.25) is 18.1 Å². The quantitative estimate of drug-likeness (QED) is 0.242. The molecule has 0 aliphatic carbocycles. The molecule has 3 aromatic rings. The predicted octanol–water partition coefficient (Wildman–Crippen LogP) is 7.98. The molecule has 1 atom stereocenters. The molecule has 0 spiro atoms. The fourth-order valence-electron chi connectivity index (χ4n) is 5.10. The van der Waals surface area contributed by atoms with Gasteiger partial charge in [-0.25, -0.2) is 0 Å². The number of nitrogens with zero attached hydrogens (tertiary/aromatic N) is 2. The zero-order valence-electron chi connectivity index (χ0n) is 26.2. The summed E-state index contributed by atoms with van der Waals surface area (Å²) in [6.45, 7) is 15.4. The Balaban J connectivity index is 1.66. The fraction of sp³-hybridized carbons (Fsp3) is 0.441. The average molecular weight is 613 g/mol. The number of halogens is 3. The summed E-state index contributed by atoms with van der Waals surface area (Å²) in [6, 6.07) is 19.3. The van der Waals surface area contributed by atoms with Crippen LogP contribution in [-0.4, -0.2) is 56.8 Å². The van der Waals surface area contributed by atoms with Crippen LogP contribution in [0.1, 0.15) is 53.4 Å². The van der Waals surface area contributed by atoms with E-state index in [0.29, 0.717) is 26.1 Å². The lowest BCUT2D eigenvalue weighted by Crippen LogP contribution is -2.55. The Kier molecular flexibility index (Phi) is 9.66. The van der Waals surface area contributed by atoms with E-state index in [4.69, 9.17) is 9.16 Å². The number of hydrogen-bond acceptors (Lipinski definition) is 4. The van der Waals surface area contributed by atoms with Gasteiger partial charge in [0.15, 0.2) is 0 Å². The second-order valence-electron chi connectivity index (χ2n) is 13.0. The molecule has 232 valence electrons. The van der Waals surface area contributed by atoms with Gasteiger partial charge in [-0.1, -0.05) is 63.2 Å². The summed E-state index contributed by atoms with van der Waals surface area (Å²) in [5.74, 6) is 0.420. The lowest BCUT2D eigenvalue weighted by Gasteiger charge is -2.42. The summed E-state index contributed by atoms with van der Waals surface area (Å²) in [5.41, 5.74) is 2.31. The normalized spacial score (nSPS) is 16.7. The minimum atomic E-state index is -4.60. The van der Waals surface area contributed by atoms with Crippen molar-refractivity contribution in [3.63, 3.8) is 0 Å². The van der Waals surface area contributed by atoms with E-state index in [1.54, 1.807) is 4.90 Å². The van der Waals surface area contributed by atoms with Gasteiger partial charge >= 0.3 is 6.18 Å². The third-order valence-corrected chi connectivity index (χ3v) is 13.0. The first-order chi connectivity index (χ1) is 20.1. The van der Waals surface area contributed by atoms with Crippen LogP contribution in [0.25, 0.3) is 0 Å². The molecular formula is C34H43F3N2O3Si. The predicted molar refractivity (Wildman–Crippen MR) is 167 cm³/mol. The molecule has 3 aromatic carbocycles. The molecular weight excluding hydrogens is 569 g/mol. The number of hydrogen-bond donors (Lipinski definition) is 0. The molecule has 1 aliphatic rings. The highest BCUT2D eigenvalue weighted by molar-refractivity contribution is 6.74. The second-order valence-corrected chi connectivity index (χ2v) is 17.7. The first kappa shape index (κ1) is 32.6. The summed E-state index contributed by atoms with van der Waals surface area (Å²) in [7, 11) is -0.787. The van der Waals surface area contributed by atoms with E-state index >= 15 is 0 Å². The standard InChI is InChI=1S/C34H43F3N2O3Si/c1-24-13-14-26(18-31(24)42-43(6,7)33(2,3)4)17-29-23-38(22-25-11-9-8-10-12-25)15-16-39(29)32(40)27-19-28(34(35,36)37)21-30(20-27)41-5/h8-14,18-21,29H,15-17,22-23H2,1-7H3/t29-/m1/s1. The molecule has 1 amide bonds. The van der Waals surface area contributed by atoms with E-state index in [9.17, 15) is 18.0 Å². The highest BCUT2D eigenvalue weighted by Crippen LogP contribution is 2.39. The molecule has 5 nitrogen and oxygen atoms in total. The van der Waals surface area contributed by atoms with Gasteiger partial charge in [0.05, 0.1) is 12.7 Å². The zero-order chi connectivity index (χ0) is 31.6. The number of methoxy groups -OCH3 is 1. The largest absolute Gasteiger partial charge is 0.543 e. The van der Waals surface area contributed by atoms with E-state index in [-0.39, 0.29) is 22.4 Å². The fourth-order valence-corrected chi connectivity index (χ4v) is 6.17. The van der Waals surface area contributed by atoms with Crippen LogP contribution in [0.5, 0.6) is 11.5 Å². The third-order valence-electron chi connectivity index (χ3n) is 8.69. The number of aryl methyl sites for hydroxylation is 1. The van der Waals surface area contributed by atoms with E-state index in [2.05, 4.69) is 63.0 Å². The minimum Gasteiger partial charge on any atom is -0.543 e. The Morgan fingerprint density at radius 3 is 2.28 bits per heavy atom. The number of carbonyl (C=O) groups is 1. The van der Waals surface area contributed by atoms with Gasteiger partial charge in [0.2, 0.25) is 8.32 Å². The molecule has 4 rings (SSSR count). The Morgan fingerprint density at radius 2 is 1.65 bits per heavy atom. The van der Waals surface area contributed by atoms with Crippen LogP contribution in [0.4, 0.5) is 13.2 Å². The zero-order valence-corrected chi connectivity index (χ0v) is 27.2. The number of carbonyl (C=O) groups excluding carboxylic acids is 1. The lowest BCUT2D eigenvalue weighted by molar-refractivity contribution is -0.137. The van der Waals surface area contributed by atoms with Crippen molar-refractivity contribution in [1.82, 2.24) is 9.80 Å². The molecule has 9 heteroatoms. The maximum atomic E-state index is 13.9. The number of ether oxygens (including phenoxy) is 1. The van der Waals surface area contributed by atoms with Gasteiger partial charge in [0, 0.05) is 37.8 Å². The van der Waals surface area contributed by atoms with Crippen molar-refractivity contribution in [3.05, 3.63) is 94.5 Å². The van der Waals surface area contributed by atoms with Crippen molar-refractivity contribution >= 4 is 14.2 Å². The van der Waals surface area contributed by atoms with Crippen LogP contribution in [0.3, 0.4) is 0 Å². The van der Waals surface area contributed by atoms with Gasteiger partial charge in [0.25, 0.3) is 5.91 Å². The maximum Gasteiger partial charge on any atom is 0.416 e. The van der Waals surface area contributed by atoms with Gasteiger partial charge < -0.3 is 14.1 Å². The maximum absolute atomic E-state index is 13.9. The van der Waals surface area contributed by atoms with Crippen molar-refractivity contribution in [2.75, 3.05) is 26.7 Å². The second kappa shape index (κ2) is 12.7. The minimum absolute atomic E-state index is 0.00314. The van der Waals surface area contributed by atoms with Crippen LogP contribution in [-0.2, 0) is 19.1 Å². The topological polar surface area (TPSA) is 42.0 Å². The van der Waals surface area contributed by atoms with E-state index in [1.807, 2.05) is 31.2 Å². The van der Waals surface area contributed by atoms with Gasteiger partial charge in [-0.15, -0.1) is 0 Å². The van der Waals surface area contributed by atoms with Crippen molar-refractivity contribution < 1.29 is 27.1 Å². The van der Waals surface area contributed by atoms with Crippen LogP contribution >= 0.6 is 0 Å². The summed E-state index contributed by atoms with van der Waals surface area (Å²) in [4.78, 5) is 17.9. The number of rotatable bonds is 8. The first-order valence-electron chi connectivity index (χ1n) is 14.7. The van der Waals surface area contributed by atoms with Crippen molar-refractivity contribution in [1.29, 1.82) is 0 Å². The molecule has 0 radical (unpaired) electrons. The van der Waals surface area contributed by atoms with E-state index in [0.717, 1.165) is 35.6 Å². The summed E-state index contributed by atoms with van der Waals surface area (Å²) >= 11 is 0. The van der Waals surface area contributed by atoms with Crippen molar-refractivity contribution in [2.24, 2.45) is 0 Å². The number of piperazine rings is 1. The van der Waals surface area contributed by atoms with Crippen molar-refractivity contribution in [2.45, 2.75) is 71.0 Å². The van der Waals surface area contributed by atoms with Gasteiger partial charge in [0.1, 0.15) is 11.5 Å². The number of amides is 1. The van der Waals surface area contributed by atoms with E-state index < -0.39 is 26.0 Å². The van der Waals surface area contributed by atoms with Crippen molar-refractivity contribution in [3.8, 4) is 11.5 Å². The Hall–Kier alpha value is -3.30. The van der Waals surface area contributed by atoms with E-state index in [1.165, 1.54) is 18.7 Å². The number of alkyl halides is 3. The highest BCUT2D eigenvalue weighted by atomic mass is 28.4. The van der Waals surface area contributed by atoms with Crippen LogP contribution < -0.4 is 9.16 Å². The van der Waals surface area contributed by atoms with Gasteiger partial charge in [-0.3, -0.25) is 9.69 Å². The highest BCUT2D eigenvalue weighted by Gasteiger charge is 2.39. The Morgan fingerprint density at radius 1 is 0.953 bits per heavy atom. The molecule has 0 N–H and O–H groups in total. The molecule has 1 fully saturated rings. The molecule has 1 saturated heterocycles. The SMILES string of the molecule is COc1cc(C(=O)N2CCN(Cc3ccccc3)C[C@H]2Cc2ccc(C)c(O[Si](C)(C)C(C)(C)C)c2)cc(C(F)(F)F)c1. The van der Waals surface area contributed by atoms with Gasteiger partial charge in [-0.05, 0) is 72.4 Å². The van der Waals surface area contributed by atoms with Gasteiger partial charge in [-0.2, -0.15) is 13.2 Å². The summed E-state index contributed by atoms with van der Waals surface area (Å²) < 4.78 is 52.8. The third kappa shape index (κ3) is 8.00. The smallest absolute Gasteiger partial charge is 0.416 e. The average Bonchev–Trinajstić information content (AvgIpc) is 2.93. The molecule has 0 aromatic heterocycles. The van der Waals surface area contributed by atoms with Crippen LogP contribution in [0, 0.1) is 6.92 Å². The molecule has 0 bridgehead atoms. The molecule has 0 saturated carbocycles. The molecule has 1 aliphatic heterocycles. The summed E-state index contributed by atoms with van der Waals surface area (Å²) in [5, 5.41) is 0.0337. The molecule has 0 unspecified atom stereocenters. The molecule has 1 heterocycles. The Labute approximate surface area is 254 Å².